The van der Waals surface area contributed by atoms with Crippen LogP contribution in [-0.4, -0.2) is 0 Å². The quantitative estimate of drug-likeness (QED) is 0.128. The highest BCUT2D eigenvalue weighted by atomic mass is 32.1. The first-order chi connectivity index (χ1) is 59.7. The fourth-order valence-electron chi connectivity index (χ4n) is 19.7. The van der Waals surface area contributed by atoms with Crippen LogP contribution < -0.4 is 19.6 Å². The van der Waals surface area contributed by atoms with Gasteiger partial charge in [0.2, 0.25) is 0 Å². The summed E-state index contributed by atoms with van der Waals surface area (Å²) in [6, 6.07) is 157. The number of fused-ring (bicyclic) bond motifs is 15. The third kappa shape index (κ3) is 11.7. The Labute approximate surface area is 710 Å². The second-order valence-electron chi connectivity index (χ2n) is 32.7. The van der Waals surface area contributed by atoms with E-state index in [0.29, 0.717) is 0 Å². The average molecular weight is 1580 g/mol. The van der Waals surface area contributed by atoms with Crippen LogP contribution in [0.1, 0.15) is 25.0 Å². The minimum atomic E-state index is -0.0943. The van der Waals surface area contributed by atoms with Crippen molar-refractivity contribution in [1.29, 1.82) is 0 Å². The van der Waals surface area contributed by atoms with Gasteiger partial charge in [-0.2, -0.15) is 0 Å². The smallest absolute Gasteiger partial charge is 0.0546 e. The molecule has 2 aromatic heterocycles. The van der Waals surface area contributed by atoms with Gasteiger partial charge in [-0.25, -0.2) is 0 Å². The first-order valence-electron chi connectivity index (χ1n) is 41.7. The normalized spacial score (nSPS) is 12.7. The molecule has 0 N–H and O–H groups in total. The number of benzene rings is 20. The number of rotatable bonds is 11. The Balaban J connectivity index is 0.000000137. The van der Waals surface area contributed by atoms with Crippen molar-refractivity contribution in [2.45, 2.75) is 19.3 Å². The fraction of sp³-hybridized carbons (Fsp3) is 0.0261. The highest BCUT2D eigenvalue weighted by molar-refractivity contribution is 7.26. The molecule has 0 amide bonds. The molecule has 0 bridgehead atoms. The lowest BCUT2D eigenvalue weighted by atomic mass is 9.82. The molecule has 25 rings (SSSR count). The molecule has 0 fully saturated rings. The molecule has 20 aromatic carbocycles. The van der Waals surface area contributed by atoms with Gasteiger partial charge >= 0.3 is 0 Å². The van der Waals surface area contributed by atoms with Gasteiger partial charge in [-0.1, -0.05) is 263 Å². The van der Waals surface area contributed by atoms with Crippen LogP contribution in [-0.2, 0) is 5.41 Å². The summed E-state index contributed by atoms with van der Waals surface area (Å²) in [6.07, 6.45) is 0. The Morgan fingerprint density at radius 1 is 0.207 bits per heavy atom. The van der Waals surface area contributed by atoms with Crippen molar-refractivity contribution in [2.75, 3.05) is 19.6 Å². The maximum atomic E-state index is 2.51. The maximum absolute atomic E-state index is 2.51. The van der Waals surface area contributed by atoms with Crippen molar-refractivity contribution in [3.8, 4) is 66.8 Å². The predicted octanol–water partition coefficient (Wildman–Crippen LogP) is 33.9. The van der Waals surface area contributed by atoms with E-state index in [0.717, 1.165) is 34.1 Å². The second-order valence-corrected chi connectivity index (χ2v) is 34.9. The number of hydrogen-bond donors (Lipinski definition) is 0. The Hall–Kier alpha value is -14.9. The topological polar surface area (TPSA) is 13.0 Å². The first-order valence-corrected chi connectivity index (χ1v) is 43.3. The van der Waals surface area contributed by atoms with E-state index in [2.05, 4.69) is 458 Å². The number of hydrogen-bond acceptors (Lipinski definition) is 6. The van der Waals surface area contributed by atoms with Crippen molar-refractivity contribution in [2.24, 2.45) is 0 Å². The summed E-state index contributed by atoms with van der Waals surface area (Å²) in [4.78, 5) is 9.71. The third-order valence-corrected chi connectivity index (χ3v) is 27.7. The lowest BCUT2D eigenvalue weighted by molar-refractivity contribution is 0.660. The van der Waals surface area contributed by atoms with Gasteiger partial charge in [0, 0.05) is 113 Å². The molecule has 568 valence electrons. The van der Waals surface area contributed by atoms with Crippen molar-refractivity contribution < 1.29 is 0 Å². The Morgan fingerprint density at radius 2 is 0.628 bits per heavy atom. The van der Waals surface area contributed by atoms with Crippen LogP contribution in [0.15, 0.2) is 425 Å². The number of nitrogens with zero attached hydrogens (tertiary/aromatic N) is 4. The van der Waals surface area contributed by atoms with Crippen LogP contribution in [0.3, 0.4) is 0 Å². The molecule has 4 heterocycles. The van der Waals surface area contributed by atoms with E-state index in [4.69, 9.17) is 0 Å². The van der Waals surface area contributed by atoms with E-state index >= 15 is 0 Å². The lowest BCUT2D eigenvalue weighted by Gasteiger charge is -2.35. The average Bonchev–Trinajstić information content (AvgIpc) is 0.962. The van der Waals surface area contributed by atoms with Crippen molar-refractivity contribution in [1.82, 2.24) is 0 Å². The van der Waals surface area contributed by atoms with Crippen LogP contribution in [0.5, 0.6) is 0 Å². The Morgan fingerprint density at radius 3 is 1.31 bits per heavy atom. The zero-order valence-electron chi connectivity index (χ0n) is 66.5. The van der Waals surface area contributed by atoms with Crippen LogP contribution in [0.2, 0.25) is 0 Å². The molecule has 4 nitrogen and oxygen atoms in total. The zero-order valence-corrected chi connectivity index (χ0v) is 68.2. The third-order valence-electron chi connectivity index (χ3n) is 25.4. The van der Waals surface area contributed by atoms with Gasteiger partial charge in [-0.05, 0) is 275 Å². The second kappa shape index (κ2) is 28.2. The van der Waals surface area contributed by atoms with Gasteiger partial charge in [0.15, 0.2) is 0 Å². The van der Waals surface area contributed by atoms with E-state index in [9.17, 15) is 0 Å². The molecule has 0 atom stereocenters. The summed E-state index contributed by atoms with van der Waals surface area (Å²) in [5, 5.41) is 15.2. The molecular formula is C115H76N4S2. The summed E-state index contributed by atoms with van der Waals surface area (Å²) >= 11 is 3.72. The van der Waals surface area contributed by atoms with E-state index in [1.165, 1.54) is 195 Å². The molecule has 22 aromatic rings. The Bertz CT molecular complexity index is 7940. The molecule has 1 aliphatic carbocycles. The molecule has 2 aliphatic heterocycles. The van der Waals surface area contributed by atoms with E-state index < -0.39 is 0 Å². The Kier molecular flexibility index (Phi) is 16.4. The molecule has 0 saturated carbocycles. The van der Waals surface area contributed by atoms with Crippen molar-refractivity contribution >= 4 is 174 Å². The molecule has 0 saturated heterocycles. The van der Waals surface area contributed by atoms with Crippen LogP contribution in [0.25, 0.3) is 150 Å². The van der Waals surface area contributed by atoms with Gasteiger partial charge in [-0.15, -0.1) is 22.7 Å². The molecule has 121 heavy (non-hydrogen) atoms. The predicted molar refractivity (Wildman–Crippen MR) is 519 cm³/mol. The highest BCUT2D eigenvalue weighted by Gasteiger charge is 2.37. The van der Waals surface area contributed by atoms with Gasteiger partial charge in [0.25, 0.3) is 0 Å². The summed E-state index contributed by atoms with van der Waals surface area (Å²) < 4.78 is 5.26. The summed E-state index contributed by atoms with van der Waals surface area (Å²) in [6.45, 7) is 4.74. The fourth-order valence-corrected chi connectivity index (χ4v) is 21.8. The minimum Gasteiger partial charge on any atom is -0.310 e. The van der Waals surface area contributed by atoms with Crippen molar-refractivity contribution in [3.05, 3.63) is 436 Å². The number of thiophene rings is 2. The highest BCUT2D eigenvalue weighted by Crippen LogP contribution is 2.58. The van der Waals surface area contributed by atoms with Crippen LogP contribution in [0, 0.1) is 0 Å². The summed E-state index contributed by atoms with van der Waals surface area (Å²) in [5.41, 5.74) is 31.5. The van der Waals surface area contributed by atoms with E-state index in [-0.39, 0.29) is 5.41 Å². The van der Waals surface area contributed by atoms with Crippen molar-refractivity contribution in [3.63, 3.8) is 0 Å². The van der Waals surface area contributed by atoms with Crippen LogP contribution >= 0.6 is 22.7 Å². The van der Waals surface area contributed by atoms with E-state index in [1.54, 1.807) is 0 Å². The lowest BCUT2D eigenvalue weighted by Crippen LogP contribution is -2.18. The summed E-state index contributed by atoms with van der Waals surface area (Å²) in [7, 11) is 0. The maximum Gasteiger partial charge on any atom is 0.0546 e. The minimum absolute atomic E-state index is 0.0943. The summed E-state index contributed by atoms with van der Waals surface area (Å²) in [5.74, 6) is 0. The van der Waals surface area contributed by atoms with Gasteiger partial charge in [-0.3, -0.25) is 0 Å². The van der Waals surface area contributed by atoms with Gasteiger partial charge < -0.3 is 19.6 Å². The largest absolute Gasteiger partial charge is 0.310 e. The molecule has 0 unspecified atom stereocenters. The number of para-hydroxylation sites is 2. The SMILES string of the molecule is CC1(C)c2ccccc2-c2ccc(N3c4cc5ccccc5cc4-c4cc(-c5ccc(N(c6ccccc6)c6ccc7sc8ccccc8c7c6)cc5)cc5cccc3c45)cc21.c1ccc(-c2cccc(N(c3ccccc3)c3ccc(-c4ccc5cc6c(cc5c4)-c4cccc5cccc(c45)N6c4ccc5sc6ccccc6c5c4)cc3)c2)cc1. The van der Waals surface area contributed by atoms with Gasteiger partial charge in [0.1, 0.15) is 0 Å². The molecule has 0 spiro atoms. The zero-order chi connectivity index (χ0) is 80.0. The monoisotopic (exact) mass is 1580 g/mol. The molecule has 6 heteroatoms. The molecular weight excluding hydrogens is 1500 g/mol. The van der Waals surface area contributed by atoms with E-state index in [1.807, 2.05) is 22.7 Å². The van der Waals surface area contributed by atoms with Crippen LogP contribution in [0.4, 0.5) is 68.2 Å². The number of anilines is 12. The molecule has 0 radical (unpaired) electrons. The first kappa shape index (κ1) is 70.3. The standard InChI is InChI=1S/C59H40N2S.C56H36N2S/c1-59(2)52-20-10-8-18-46(52)47-29-27-45(36-53(47)59)61-54-21-12-15-40-31-41(33-51(58(40)54)49-32-38-13-6-7-14-39(38)34-55(49)61)37-23-25-43(26-24-37)60(42-16-4-3-5-17-42)44-28-30-57-50(35-44)48-19-9-11-22-56(48)62-57;1-3-12-37(13-4-1)40-16-9-19-46(33-40)57(44-17-5-2-6-18-44)45-28-26-38(27-29-45)41-24-25-42-35-53-50(34-43(42)32-41)49-21-10-14-39-15-11-22-52(56(39)49)58(53)47-30-31-55-51(36-47)48-20-7-8-23-54(48)59-55/h3-36H,1-2H3;1-36H. The van der Waals surface area contributed by atoms with Gasteiger partial charge in [0.05, 0.1) is 22.7 Å². The molecule has 3 aliphatic rings.